The maximum absolute atomic E-state index is 13.2. The summed E-state index contributed by atoms with van der Waals surface area (Å²) in [6.07, 6.45) is 1.31. The molecule has 1 heterocycles. The zero-order valence-electron chi connectivity index (χ0n) is 8.88. The van der Waals surface area contributed by atoms with Crippen LogP contribution in [-0.4, -0.2) is 12.1 Å². The van der Waals surface area contributed by atoms with Crippen LogP contribution in [0.5, 0.6) is 5.75 Å². The van der Waals surface area contributed by atoms with E-state index in [0.717, 1.165) is 0 Å². The predicted molar refractivity (Wildman–Crippen MR) is 66.2 cm³/mol. The Labute approximate surface area is 108 Å². The minimum absolute atomic E-state index is 0.359. The van der Waals surface area contributed by atoms with Gasteiger partial charge in [-0.25, -0.2) is 4.98 Å². The monoisotopic (exact) mass is 271 g/mol. The molecule has 1 aromatic carbocycles. The fourth-order valence-electron chi connectivity index (χ4n) is 1.50. The lowest BCUT2D eigenvalue weighted by atomic mass is 10.1. The lowest BCUT2D eigenvalue weighted by Crippen LogP contribution is -1.92. The summed E-state index contributed by atoms with van der Waals surface area (Å²) in [6.45, 7) is 0. The van der Waals surface area contributed by atoms with Crippen LogP contribution in [0, 0.1) is 5.95 Å². The molecule has 0 unspecified atom stereocenters. The molecule has 0 atom stereocenters. The number of nitrogens with zero attached hydrogens (tertiary/aromatic N) is 1. The Hall–Kier alpha value is -1.32. The van der Waals surface area contributed by atoms with Crippen molar-refractivity contribution in [2.24, 2.45) is 0 Å². The van der Waals surface area contributed by atoms with Gasteiger partial charge in [-0.3, -0.25) is 0 Å². The van der Waals surface area contributed by atoms with Gasteiger partial charge < -0.3 is 4.74 Å². The second-order valence-electron chi connectivity index (χ2n) is 3.31. The van der Waals surface area contributed by atoms with Crippen LogP contribution >= 0.6 is 23.2 Å². The van der Waals surface area contributed by atoms with Gasteiger partial charge in [-0.05, 0) is 6.07 Å². The molecule has 0 radical (unpaired) electrons. The third-order valence-corrected chi connectivity index (χ3v) is 3.11. The van der Waals surface area contributed by atoms with E-state index in [1.165, 1.54) is 19.4 Å². The van der Waals surface area contributed by atoms with E-state index in [1.807, 2.05) is 0 Å². The Morgan fingerprint density at radius 1 is 1.24 bits per heavy atom. The summed E-state index contributed by atoms with van der Waals surface area (Å²) in [5.41, 5.74) is 1.13. The molecule has 0 fully saturated rings. The van der Waals surface area contributed by atoms with E-state index in [9.17, 15) is 4.39 Å². The fraction of sp³-hybridized carbons (Fsp3) is 0.0833. The van der Waals surface area contributed by atoms with Crippen LogP contribution in [-0.2, 0) is 0 Å². The molecule has 0 spiro atoms. The summed E-state index contributed by atoms with van der Waals surface area (Å²) >= 11 is 12.0. The second kappa shape index (κ2) is 4.90. The molecular formula is C12H8Cl2FNO. The van der Waals surface area contributed by atoms with Crippen LogP contribution in [0.25, 0.3) is 11.1 Å². The van der Waals surface area contributed by atoms with Gasteiger partial charge in [0.25, 0.3) is 0 Å². The van der Waals surface area contributed by atoms with Crippen molar-refractivity contribution in [2.75, 3.05) is 7.11 Å². The number of rotatable bonds is 2. The molecule has 2 nitrogen and oxygen atoms in total. The first-order valence-electron chi connectivity index (χ1n) is 4.77. The Kier molecular flexibility index (Phi) is 3.50. The molecule has 0 N–H and O–H groups in total. The summed E-state index contributed by atoms with van der Waals surface area (Å²) in [7, 11) is 1.48. The highest BCUT2D eigenvalue weighted by Crippen LogP contribution is 2.37. The average molecular weight is 272 g/mol. The molecule has 17 heavy (non-hydrogen) atoms. The molecule has 1 aromatic heterocycles. The van der Waals surface area contributed by atoms with E-state index in [2.05, 4.69) is 4.98 Å². The minimum atomic E-state index is -0.600. The van der Waals surface area contributed by atoms with Crippen LogP contribution in [0.1, 0.15) is 0 Å². The van der Waals surface area contributed by atoms with E-state index in [4.69, 9.17) is 27.9 Å². The Bertz CT molecular complexity index is 560. The molecule has 0 bridgehead atoms. The number of halogens is 3. The van der Waals surface area contributed by atoms with E-state index >= 15 is 0 Å². The summed E-state index contributed by atoms with van der Waals surface area (Å²) in [6, 6.07) is 6.40. The molecule has 0 saturated heterocycles. The summed E-state index contributed by atoms with van der Waals surface area (Å²) < 4.78 is 18.3. The first kappa shape index (κ1) is 12.1. The third kappa shape index (κ3) is 2.35. The van der Waals surface area contributed by atoms with E-state index in [1.54, 1.807) is 18.2 Å². The molecular weight excluding hydrogens is 264 g/mol. The van der Waals surface area contributed by atoms with Crippen molar-refractivity contribution in [1.29, 1.82) is 0 Å². The molecule has 88 valence electrons. The van der Waals surface area contributed by atoms with Crippen molar-refractivity contribution >= 4 is 23.2 Å². The van der Waals surface area contributed by atoms with Gasteiger partial charge in [-0.2, -0.15) is 4.39 Å². The maximum atomic E-state index is 13.2. The van der Waals surface area contributed by atoms with E-state index in [-0.39, 0.29) is 0 Å². The Morgan fingerprint density at radius 3 is 2.71 bits per heavy atom. The number of hydrogen-bond acceptors (Lipinski definition) is 2. The zero-order chi connectivity index (χ0) is 12.4. The highest BCUT2D eigenvalue weighted by Gasteiger charge is 2.13. The molecule has 5 heteroatoms. The second-order valence-corrected chi connectivity index (χ2v) is 4.09. The highest BCUT2D eigenvalue weighted by atomic mass is 35.5. The maximum Gasteiger partial charge on any atom is 0.213 e. The van der Waals surface area contributed by atoms with Gasteiger partial charge in [0.05, 0.1) is 23.4 Å². The van der Waals surface area contributed by atoms with Gasteiger partial charge in [-0.1, -0.05) is 35.3 Å². The Balaban J connectivity index is 2.67. The van der Waals surface area contributed by atoms with Gasteiger partial charge in [-0.15, -0.1) is 0 Å². The quantitative estimate of drug-likeness (QED) is 0.764. The van der Waals surface area contributed by atoms with Crippen molar-refractivity contribution in [3.63, 3.8) is 0 Å². The minimum Gasteiger partial charge on any atom is -0.494 e. The molecule has 0 saturated carbocycles. The topological polar surface area (TPSA) is 22.1 Å². The molecule has 0 aliphatic rings. The number of aromatic nitrogens is 1. The number of benzene rings is 1. The molecule has 0 aliphatic heterocycles. The standard InChI is InChI=1S/C12H8Cl2FNO/c1-17-10-6-16-11(15)5-8(10)7-3-2-4-9(13)12(7)14/h2-6H,1H3. The smallest absolute Gasteiger partial charge is 0.213 e. The van der Waals surface area contributed by atoms with Crippen molar-refractivity contribution in [2.45, 2.75) is 0 Å². The van der Waals surface area contributed by atoms with Gasteiger partial charge in [0.2, 0.25) is 5.95 Å². The lowest BCUT2D eigenvalue weighted by molar-refractivity contribution is 0.412. The average Bonchev–Trinajstić information content (AvgIpc) is 2.33. The molecule has 2 rings (SSSR count). The van der Waals surface area contributed by atoms with Crippen molar-refractivity contribution in [3.05, 3.63) is 46.5 Å². The first-order chi connectivity index (χ1) is 8.13. The van der Waals surface area contributed by atoms with Crippen LogP contribution < -0.4 is 4.74 Å². The van der Waals surface area contributed by atoms with Crippen molar-refractivity contribution in [1.82, 2.24) is 4.98 Å². The molecule has 0 aliphatic carbocycles. The summed E-state index contributed by atoms with van der Waals surface area (Å²) in [5, 5.41) is 0.765. The summed E-state index contributed by atoms with van der Waals surface area (Å²) in [5.74, 6) is -0.160. The predicted octanol–water partition coefficient (Wildman–Crippen LogP) is 4.20. The molecule has 0 amide bonds. The van der Waals surface area contributed by atoms with Crippen LogP contribution in [0.3, 0.4) is 0 Å². The van der Waals surface area contributed by atoms with Gasteiger partial charge >= 0.3 is 0 Å². The zero-order valence-corrected chi connectivity index (χ0v) is 10.4. The lowest BCUT2D eigenvalue weighted by Gasteiger charge is -2.10. The van der Waals surface area contributed by atoms with Crippen LogP contribution in [0.2, 0.25) is 10.0 Å². The third-order valence-electron chi connectivity index (χ3n) is 2.30. The Morgan fingerprint density at radius 2 is 2.00 bits per heavy atom. The molecule has 2 aromatic rings. The van der Waals surface area contributed by atoms with Crippen LogP contribution in [0.4, 0.5) is 4.39 Å². The first-order valence-corrected chi connectivity index (χ1v) is 5.53. The van der Waals surface area contributed by atoms with Gasteiger partial charge in [0.1, 0.15) is 5.75 Å². The fourth-order valence-corrected chi connectivity index (χ4v) is 1.90. The van der Waals surface area contributed by atoms with Crippen molar-refractivity contribution in [3.8, 4) is 16.9 Å². The van der Waals surface area contributed by atoms with Crippen LogP contribution in [0.15, 0.2) is 30.5 Å². The number of pyridine rings is 1. The van der Waals surface area contributed by atoms with E-state index < -0.39 is 5.95 Å². The van der Waals surface area contributed by atoms with Crippen molar-refractivity contribution < 1.29 is 9.13 Å². The summed E-state index contributed by atoms with van der Waals surface area (Å²) in [4.78, 5) is 3.52. The normalized spacial score (nSPS) is 10.4. The number of methoxy groups -OCH3 is 1. The number of hydrogen-bond donors (Lipinski definition) is 0. The largest absolute Gasteiger partial charge is 0.494 e. The number of ether oxygens (including phenoxy) is 1. The van der Waals surface area contributed by atoms with E-state index in [0.29, 0.717) is 26.9 Å². The van der Waals surface area contributed by atoms with Gasteiger partial charge in [0, 0.05) is 17.2 Å². The van der Waals surface area contributed by atoms with Gasteiger partial charge in [0.15, 0.2) is 0 Å². The SMILES string of the molecule is COc1cnc(F)cc1-c1cccc(Cl)c1Cl. The highest BCUT2D eigenvalue weighted by molar-refractivity contribution is 6.43.